The Bertz CT molecular complexity index is 206. The van der Waals surface area contributed by atoms with E-state index < -0.39 is 0 Å². The Morgan fingerprint density at radius 1 is 0.917 bits per heavy atom. The Labute approximate surface area is 77.7 Å². The van der Waals surface area contributed by atoms with Gasteiger partial charge in [-0.25, -0.2) is 0 Å². The molecule has 0 aliphatic heterocycles. The van der Waals surface area contributed by atoms with Crippen LogP contribution in [0, 0.1) is 0 Å². The summed E-state index contributed by atoms with van der Waals surface area (Å²) >= 11 is 0. The van der Waals surface area contributed by atoms with Gasteiger partial charge >= 0.3 is 0 Å². The fraction of sp³-hybridized carbons (Fsp3) is 0.333. The first-order valence-corrected chi connectivity index (χ1v) is 3.48. The predicted molar refractivity (Wildman–Crippen MR) is 60.7 cm³/mol. The van der Waals surface area contributed by atoms with Gasteiger partial charge in [0, 0.05) is 0 Å². The number of rotatable bonds is 1. The molecule has 0 heterocycles. The summed E-state index contributed by atoms with van der Waals surface area (Å²) in [7, 11) is 6.49. The lowest BCUT2D eigenvalue weighted by atomic mass is 10.3. The molecule has 1 aromatic carbocycles. The number of quaternary nitrogens is 1. The Morgan fingerprint density at radius 2 is 1.33 bits per heavy atom. The molecule has 2 N–H and O–H groups in total. The maximum atomic E-state index is 2.16. The average Bonchev–Trinajstić information content (AvgIpc) is 1.88. The normalized spacial score (nSPS) is 9.58. The van der Waals surface area contributed by atoms with Gasteiger partial charge in [0.25, 0.3) is 0 Å². The molecule has 1 atom stereocenters. The average molecular weight is 188 g/mol. The molecule has 0 spiro atoms. The molecule has 0 bridgehead atoms. The predicted octanol–water partition coefficient (Wildman–Crippen LogP) is 1.12. The van der Waals surface area contributed by atoms with Gasteiger partial charge in [0.1, 0.15) is 5.69 Å². The van der Waals surface area contributed by atoms with Gasteiger partial charge in [-0.05, 0) is 12.1 Å². The second-order valence-electron chi connectivity index (χ2n) is 3.35. The van der Waals surface area contributed by atoms with Crippen molar-refractivity contribution >= 4 is 15.6 Å². The van der Waals surface area contributed by atoms with Crippen molar-refractivity contribution in [3.63, 3.8) is 0 Å². The highest BCUT2D eigenvalue weighted by atomic mass is 31.0. The lowest BCUT2D eigenvalue weighted by Gasteiger charge is -2.22. The van der Waals surface area contributed by atoms with Crippen LogP contribution in [0.3, 0.4) is 0 Å². The number of hydrogen-bond donors (Lipinski definition) is 0. The molecule has 0 aromatic heterocycles. The van der Waals surface area contributed by atoms with Gasteiger partial charge in [0.2, 0.25) is 0 Å². The number of hydrogen-bond acceptors (Lipinski definition) is 0. The summed E-state index contributed by atoms with van der Waals surface area (Å²) in [6.07, 6.45) is 0. The Morgan fingerprint density at radius 3 is 1.58 bits per heavy atom. The van der Waals surface area contributed by atoms with Crippen molar-refractivity contribution in [3.8, 4) is 0 Å². The molecule has 0 amide bonds. The molecule has 1 aromatic rings. The van der Waals surface area contributed by atoms with Crippen LogP contribution in [-0.2, 0) is 0 Å². The zero-order chi connectivity index (χ0) is 7.61. The van der Waals surface area contributed by atoms with E-state index in [0.29, 0.717) is 0 Å². The minimum Gasteiger partial charge on any atom is -0.412 e. The molecule has 2 nitrogen and oxygen atoms in total. The van der Waals surface area contributed by atoms with Gasteiger partial charge < -0.3 is 5.48 Å². The van der Waals surface area contributed by atoms with Gasteiger partial charge in [-0.2, -0.15) is 9.90 Å². The summed E-state index contributed by atoms with van der Waals surface area (Å²) in [5.41, 5.74) is 1.34. The monoisotopic (exact) mass is 188 g/mol. The van der Waals surface area contributed by atoms with Gasteiger partial charge in [-0.3, -0.25) is 4.48 Å². The molecule has 3 heteroatoms. The molecule has 1 rings (SSSR count). The van der Waals surface area contributed by atoms with Crippen LogP contribution in [0.4, 0.5) is 5.69 Å². The molecule has 0 saturated heterocycles. The summed E-state index contributed by atoms with van der Waals surface area (Å²) in [5.74, 6) is 0. The summed E-state index contributed by atoms with van der Waals surface area (Å²) in [6.45, 7) is 0. The number of benzene rings is 1. The van der Waals surface area contributed by atoms with Crippen molar-refractivity contribution < 1.29 is 5.48 Å². The third kappa shape index (κ3) is 3.82. The van der Waals surface area contributed by atoms with Crippen LogP contribution >= 0.6 is 9.90 Å². The first-order valence-electron chi connectivity index (χ1n) is 3.48. The topological polar surface area (TPSA) is 31.5 Å². The molecule has 0 saturated carbocycles. The van der Waals surface area contributed by atoms with Crippen molar-refractivity contribution in [3.05, 3.63) is 30.3 Å². The standard InChI is InChI=1S/C9H14N.H2O.H3P/c1-10(2,3)9-7-5-4-6-8-9;;/h4-8H,1-3H3;1H2;1H3/q+1;;. The van der Waals surface area contributed by atoms with Crippen LogP contribution in [0.15, 0.2) is 30.3 Å². The Balaban J connectivity index is 0. The zero-order valence-electron chi connectivity index (χ0n) is 8.04. The summed E-state index contributed by atoms with van der Waals surface area (Å²) < 4.78 is 0.890. The maximum Gasteiger partial charge on any atom is 0.132 e. The van der Waals surface area contributed by atoms with E-state index in [2.05, 4.69) is 45.4 Å². The van der Waals surface area contributed by atoms with E-state index in [-0.39, 0.29) is 15.4 Å². The van der Waals surface area contributed by atoms with Crippen molar-refractivity contribution in [1.82, 2.24) is 4.48 Å². The van der Waals surface area contributed by atoms with Crippen molar-refractivity contribution in [2.75, 3.05) is 21.1 Å². The number of para-hydroxylation sites is 1. The number of nitrogens with zero attached hydrogens (tertiary/aromatic N) is 1. The molecular formula is C9H19NOP+. The molecule has 0 fully saturated rings. The Kier molecular flexibility index (Phi) is 6.18. The molecule has 70 valence electrons. The van der Waals surface area contributed by atoms with E-state index in [0.717, 1.165) is 4.48 Å². The quantitative estimate of drug-likeness (QED) is 0.467. The van der Waals surface area contributed by atoms with Gasteiger partial charge in [0.15, 0.2) is 0 Å². The molecular weight excluding hydrogens is 169 g/mol. The molecule has 1 unspecified atom stereocenters. The molecule has 0 radical (unpaired) electrons. The fourth-order valence-electron chi connectivity index (χ4n) is 0.875. The minimum atomic E-state index is 0. The Hall–Kier alpha value is -0.430. The van der Waals surface area contributed by atoms with Gasteiger partial charge in [0.05, 0.1) is 21.1 Å². The third-order valence-corrected chi connectivity index (χ3v) is 1.53. The first kappa shape index (κ1) is 14.1. The van der Waals surface area contributed by atoms with Crippen LogP contribution in [0.5, 0.6) is 0 Å². The highest BCUT2D eigenvalue weighted by molar-refractivity contribution is 6.92. The first-order chi connectivity index (χ1) is 4.61. The molecule has 0 aliphatic carbocycles. The van der Waals surface area contributed by atoms with E-state index in [4.69, 9.17) is 0 Å². The van der Waals surface area contributed by atoms with Crippen molar-refractivity contribution in [1.29, 1.82) is 0 Å². The molecule has 0 aliphatic rings. The second-order valence-corrected chi connectivity index (χ2v) is 3.35. The lowest BCUT2D eigenvalue weighted by Crippen LogP contribution is -2.34. The maximum absolute atomic E-state index is 2.16. The summed E-state index contributed by atoms with van der Waals surface area (Å²) in [4.78, 5) is 0. The molecule has 12 heavy (non-hydrogen) atoms. The van der Waals surface area contributed by atoms with E-state index in [1.165, 1.54) is 5.69 Å². The van der Waals surface area contributed by atoms with E-state index in [1.54, 1.807) is 0 Å². The van der Waals surface area contributed by atoms with E-state index in [9.17, 15) is 0 Å². The van der Waals surface area contributed by atoms with Crippen LogP contribution in [0.1, 0.15) is 0 Å². The van der Waals surface area contributed by atoms with Crippen LogP contribution in [0.2, 0.25) is 0 Å². The van der Waals surface area contributed by atoms with E-state index in [1.807, 2.05) is 6.07 Å². The largest absolute Gasteiger partial charge is 0.412 e. The van der Waals surface area contributed by atoms with E-state index >= 15 is 0 Å². The summed E-state index contributed by atoms with van der Waals surface area (Å²) in [5, 5.41) is 0. The SMILES string of the molecule is C[N+](C)(C)c1ccccc1.O.P. The zero-order valence-corrected chi connectivity index (χ0v) is 9.46. The van der Waals surface area contributed by atoms with Gasteiger partial charge in [-0.1, -0.05) is 18.2 Å². The van der Waals surface area contributed by atoms with Gasteiger partial charge in [-0.15, -0.1) is 0 Å². The summed E-state index contributed by atoms with van der Waals surface area (Å²) in [6, 6.07) is 10.5. The minimum absolute atomic E-state index is 0. The smallest absolute Gasteiger partial charge is 0.132 e. The third-order valence-electron chi connectivity index (χ3n) is 1.53. The van der Waals surface area contributed by atoms with Crippen LogP contribution in [-0.4, -0.2) is 26.6 Å². The highest BCUT2D eigenvalue weighted by Gasteiger charge is 2.08. The van der Waals surface area contributed by atoms with Crippen molar-refractivity contribution in [2.45, 2.75) is 0 Å². The van der Waals surface area contributed by atoms with Crippen LogP contribution < -0.4 is 4.48 Å². The lowest BCUT2D eigenvalue weighted by molar-refractivity contribution is 0.486. The van der Waals surface area contributed by atoms with Crippen LogP contribution in [0.25, 0.3) is 0 Å². The second kappa shape index (κ2) is 5.26. The van der Waals surface area contributed by atoms with Crippen molar-refractivity contribution in [2.24, 2.45) is 0 Å². The highest BCUT2D eigenvalue weighted by Crippen LogP contribution is 2.14. The fourth-order valence-corrected chi connectivity index (χ4v) is 0.875.